The largest absolute Gasteiger partial charge is 0.453 e. The van der Waals surface area contributed by atoms with E-state index in [-0.39, 0.29) is 18.1 Å². The number of carbonyl (C=O) groups is 1. The third-order valence-electron chi connectivity index (χ3n) is 4.78. The van der Waals surface area contributed by atoms with Crippen LogP contribution in [0.15, 0.2) is 18.2 Å². The minimum absolute atomic E-state index is 0.106. The molecule has 1 N–H and O–H groups in total. The third-order valence-corrected chi connectivity index (χ3v) is 4.78. The Kier molecular flexibility index (Phi) is 5.10. The van der Waals surface area contributed by atoms with Crippen LogP contribution in [0.25, 0.3) is 5.78 Å². The zero-order chi connectivity index (χ0) is 20.6. The molecule has 28 heavy (non-hydrogen) atoms. The maximum absolute atomic E-state index is 12.9. The Labute approximate surface area is 159 Å². The summed E-state index contributed by atoms with van der Waals surface area (Å²) < 4.78 is 39.7. The van der Waals surface area contributed by atoms with Gasteiger partial charge in [-0.3, -0.25) is 4.79 Å². The summed E-state index contributed by atoms with van der Waals surface area (Å²) in [4.78, 5) is 19.9. The number of aryl methyl sites for hydroxylation is 3. The molecule has 0 saturated carbocycles. The van der Waals surface area contributed by atoms with Crippen LogP contribution in [-0.2, 0) is 17.4 Å². The number of halogens is 3. The molecule has 6 nitrogen and oxygen atoms in total. The van der Waals surface area contributed by atoms with Gasteiger partial charge in [0.25, 0.3) is 11.6 Å². The van der Waals surface area contributed by atoms with E-state index >= 15 is 0 Å². The molecule has 0 aliphatic rings. The summed E-state index contributed by atoms with van der Waals surface area (Å²) in [6.45, 7) is 7.23. The maximum atomic E-state index is 12.9. The summed E-state index contributed by atoms with van der Waals surface area (Å²) in [5.74, 6) is -1.51. The number of nitrogens with zero attached hydrogens (tertiary/aromatic N) is 4. The Morgan fingerprint density at radius 2 is 1.86 bits per heavy atom. The van der Waals surface area contributed by atoms with Crippen LogP contribution in [0.2, 0.25) is 0 Å². The Morgan fingerprint density at radius 1 is 1.14 bits per heavy atom. The van der Waals surface area contributed by atoms with Crippen molar-refractivity contribution in [3.05, 3.63) is 52.1 Å². The monoisotopic (exact) mass is 391 g/mol. The highest BCUT2D eigenvalue weighted by atomic mass is 19.4. The number of nitrogens with one attached hydrogen (secondary N) is 1. The lowest BCUT2D eigenvalue weighted by Crippen LogP contribution is -2.15. The first-order valence-electron chi connectivity index (χ1n) is 8.74. The van der Waals surface area contributed by atoms with E-state index in [1.165, 1.54) is 0 Å². The highest BCUT2D eigenvalue weighted by molar-refractivity contribution is 5.91. The van der Waals surface area contributed by atoms with E-state index < -0.39 is 12.0 Å². The van der Waals surface area contributed by atoms with Gasteiger partial charge in [0.1, 0.15) is 0 Å². The molecule has 0 unspecified atom stereocenters. The molecule has 0 radical (unpaired) electrons. The molecule has 0 aliphatic heterocycles. The molecule has 0 bridgehead atoms. The Morgan fingerprint density at radius 3 is 2.54 bits per heavy atom. The van der Waals surface area contributed by atoms with Gasteiger partial charge in [-0.1, -0.05) is 12.1 Å². The van der Waals surface area contributed by atoms with Gasteiger partial charge < -0.3 is 5.32 Å². The van der Waals surface area contributed by atoms with Crippen LogP contribution in [0.3, 0.4) is 0 Å². The highest BCUT2D eigenvalue weighted by Crippen LogP contribution is 2.27. The number of aromatic nitrogens is 4. The van der Waals surface area contributed by atoms with Crippen molar-refractivity contribution in [3.63, 3.8) is 0 Å². The van der Waals surface area contributed by atoms with Gasteiger partial charge in [0.15, 0.2) is 0 Å². The number of hydrogen-bond acceptors (Lipinski definition) is 4. The molecule has 148 valence electrons. The van der Waals surface area contributed by atoms with E-state index in [2.05, 4.69) is 20.4 Å². The fourth-order valence-corrected chi connectivity index (χ4v) is 3.03. The molecule has 0 aliphatic carbocycles. The minimum atomic E-state index is -4.64. The smallest absolute Gasteiger partial charge is 0.326 e. The van der Waals surface area contributed by atoms with E-state index in [0.717, 1.165) is 21.3 Å². The van der Waals surface area contributed by atoms with Gasteiger partial charge in [0, 0.05) is 23.5 Å². The standard InChI is InChI=1S/C19H20F3N5O/c1-10-6-5-7-15(11(10)2)24-16(28)9-8-14-12(3)23-18-25-17(19(20,21)22)26-27(18)13(14)4/h5-7H,8-9H2,1-4H3,(H,24,28). The summed E-state index contributed by atoms with van der Waals surface area (Å²) in [6.07, 6.45) is -4.14. The Balaban J connectivity index is 1.80. The second-order valence-corrected chi connectivity index (χ2v) is 6.70. The number of rotatable bonds is 4. The van der Waals surface area contributed by atoms with Gasteiger partial charge in [-0.05, 0) is 56.9 Å². The minimum Gasteiger partial charge on any atom is -0.326 e. The third kappa shape index (κ3) is 3.83. The molecule has 0 saturated heterocycles. The molecule has 9 heteroatoms. The summed E-state index contributed by atoms with van der Waals surface area (Å²) >= 11 is 0. The van der Waals surface area contributed by atoms with Crippen molar-refractivity contribution < 1.29 is 18.0 Å². The van der Waals surface area contributed by atoms with Crippen LogP contribution < -0.4 is 5.32 Å². The maximum Gasteiger partial charge on any atom is 0.453 e. The predicted molar refractivity (Wildman–Crippen MR) is 98.1 cm³/mol. The number of fused-ring (bicyclic) bond motifs is 1. The molecule has 1 aromatic carbocycles. The molecule has 2 heterocycles. The second-order valence-electron chi connectivity index (χ2n) is 6.70. The normalized spacial score (nSPS) is 11.8. The van der Waals surface area contributed by atoms with Crippen molar-refractivity contribution in [2.45, 2.75) is 46.7 Å². The molecule has 3 aromatic rings. The van der Waals surface area contributed by atoms with Crippen molar-refractivity contribution in [2.75, 3.05) is 5.32 Å². The van der Waals surface area contributed by atoms with Crippen LogP contribution in [0.5, 0.6) is 0 Å². The molecule has 1 amide bonds. The fourth-order valence-electron chi connectivity index (χ4n) is 3.03. The quantitative estimate of drug-likeness (QED) is 0.731. The van der Waals surface area contributed by atoms with Gasteiger partial charge in [0.05, 0.1) is 0 Å². The van der Waals surface area contributed by atoms with Gasteiger partial charge in [-0.2, -0.15) is 18.2 Å². The molecule has 3 rings (SSSR count). The lowest BCUT2D eigenvalue weighted by Gasteiger charge is -2.12. The molecular weight excluding hydrogens is 371 g/mol. The first-order chi connectivity index (χ1) is 13.1. The van der Waals surface area contributed by atoms with Crippen LogP contribution in [0.1, 0.15) is 40.3 Å². The van der Waals surface area contributed by atoms with Crippen molar-refractivity contribution in [2.24, 2.45) is 0 Å². The number of alkyl halides is 3. The van der Waals surface area contributed by atoms with Gasteiger partial charge >= 0.3 is 6.18 Å². The topological polar surface area (TPSA) is 72.2 Å². The first kappa shape index (κ1) is 19.8. The average molecular weight is 391 g/mol. The Bertz CT molecular complexity index is 1060. The van der Waals surface area contributed by atoms with E-state index in [0.29, 0.717) is 23.4 Å². The number of amides is 1. The molecule has 2 aromatic heterocycles. The van der Waals surface area contributed by atoms with E-state index in [9.17, 15) is 18.0 Å². The summed E-state index contributed by atoms with van der Waals surface area (Å²) in [5, 5.41) is 6.40. The molecule has 0 fully saturated rings. The van der Waals surface area contributed by atoms with Crippen molar-refractivity contribution >= 4 is 17.4 Å². The lowest BCUT2D eigenvalue weighted by atomic mass is 10.1. The van der Waals surface area contributed by atoms with Gasteiger partial charge in [0.2, 0.25) is 5.91 Å². The van der Waals surface area contributed by atoms with Crippen molar-refractivity contribution in [3.8, 4) is 0 Å². The summed E-state index contributed by atoms with van der Waals surface area (Å²) in [5.41, 5.74) is 4.52. The zero-order valence-electron chi connectivity index (χ0n) is 16.0. The average Bonchev–Trinajstić information content (AvgIpc) is 3.03. The van der Waals surface area contributed by atoms with E-state index in [1.54, 1.807) is 13.8 Å². The molecule has 0 spiro atoms. The fraction of sp³-hybridized carbons (Fsp3) is 0.368. The number of anilines is 1. The predicted octanol–water partition coefficient (Wildman–Crippen LogP) is 3.95. The van der Waals surface area contributed by atoms with E-state index in [1.807, 2.05) is 32.0 Å². The molecular formula is C19H20F3N5O. The van der Waals surface area contributed by atoms with Crippen LogP contribution in [-0.4, -0.2) is 25.5 Å². The Hall–Kier alpha value is -2.97. The zero-order valence-corrected chi connectivity index (χ0v) is 16.0. The van der Waals surface area contributed by atoms with Crippen molar-refractivity contribution in [1.29, 1.82) is 0 Å². The van der Waals surface area contributed by atoms with Gasteiger partial charge in [-0.25, -0.2) is 9.50 Å². The van der Waals surface area contributed by atoms with Crippen LogP contribution >= 0.6 is 0 Å². The lowest BCUT2D eigenvalue weighted by molar-refractivity contribution is -0.144. The molecule has 0 atom stereocenters. The van der Waals surface area contributed by atoms with Crippen molar-refractivity contribution in [1.82, 2.24) is 19.6 Å². The SMILES string of the molecule is Cc1cccc(NC(=O)CCc2c(C)nc3nc(C(F)(F)F)nn3c2C)c1C. The van der Waals surface area contributed by atoms with Crippen LogP contribution in [0, 0.1) is 27.7 Å². The number of hydrogen-bond donors (Lipinski definition) is 1. The number of benzene rings is 1. The summed E-state index contributed by atoms with van der Waals surface area (Å²) in [7, 11) is 0. The number of carbonyl (C=O) groups excluding carboxylic acids is 1. The summed E-state index contributed by atoms with van der Waals surface area (Å²) in [6, 6.07) is 5.66. The highest BCUT2D eigenvalue weighted by Gasteiger charge is 2.36. The first-order valence-corrected chi connectivity index (χ1v) is 8.74. The van der Waals surface area contributed by atoms with E-state index in [4.69, 9.17) is 0 Å². The second kappa shape index (κ2) is 7.21. The van der Waals surface area contributed by atoms with Gasteiger partial charge in [-0.15, -0.1) is 5.10 Å². The van der Waals surface area contributed by atoms with Crippen LogP contribution in [0.4, 0.5) is 18.9 Å².